The lowest BCUT2D eigenvalue weighted by molar-refractivity contribution is 0.203. The molecule has 1 aromatic rings. The summed E-state index contributed by atoms with van der Waals surface area (Å²) < 4.78 is 5.11. The first-order valence-electron chi connectivity index (χ1n) is 5.77. The molecular weight excluding hydrogens is 218 g/mol. The van der Waals surface area contributed by atoms with Gasteiger partial charge < -0.3 is 15.1 Å². The summed E-state index contributed by atoms with van der Waals surface area (Å²) >= 11 is 0. The molecule has 0 amide bonds. The smallest absolute Gasteiger partial charge is 0.160 e. The maximum atomic E-state index is 5.33. The molecule has 0 radical (unpaired) electrons. The summed E-state index contributed by atoms with van der Waals surface area (Å²) in [5.74, 6) is 6.71. The Kier molecular flexibility index (Phi) is 5.65. The standard InChI is InChI=1S/C11H21N5O/c1-4-9(2)16(5-6-17-3)11-8-13-7-10(14-11)15-12/h7-9H,4-6,12H2,1-3H3,(H,14,15). The predicted molar refractivity (Wildman–Crippen MR) is 68.8 cm³/mol. The minimum atomic E-state index is 0.382. The minimum Gasteiger partial charge on any atom is -0.383 e. The summed E-state index contributed by atoms with van der Waals surface area (Å²) in [5.41, 5.74) is 2.50. The SMILES string of the molecule is CCC(C)N(CCOC)c1cncc(NN)n1. The Morgan fingerprint density at radius 1 is 1.53 bits per heavy atom. The molecule has 1 aromatic heterocycles. The Balaban J connectivity index is 2.86. The lowest BCUT2D eigenvalue weighted by Crippen LogP contribution is -2.36. The molecule has 0 bridgehead atoms. The molecule has 1 atom stereocenters. The first kappa shape index (κ1) is 13.7. The Labute approximate surface area is 102 Å². The summed E-state index contributed by atoms with van der Waals surface area (Å²) in [7, 11) is 1.69. The number of hydrazine groups is 1. The average Bonchev–Trinajstić information content (AvgIpc) is 2.39. The normalized spacial score (nSPS) is 12.2. The van der Waals surface area contributed by atoms with Crippen LogP contribution in [0.4, 0.5) is 11.6 Å². The summed E-state index contributed by atoms with van der Waals surface area (Å²) in [6.07, 6.45) is 4.36. The number of nitrogens with two attached hydrogens (primary N) is 1. The molecule has 0 aliphatic carbocycles. The van der Waals surface area contributed by atoms with Crippen LogP contribution in [-0.4, -0.2) is 36.3 Å². The van der Waals surface area contributed by atoms with Crippen LogP contribution in [0.2, 0.25) is 0 Å². The van der Waals surface area contributed by atoms with E-state index in [0.29, 0.717) is 18.5 Å². The van der Waals surface area contributed by atoms with Crippen LogP contribution in [0.15, 0.2) is 12.4 Å². The molecule has 0 fully saturated rings. The average molecular weight is 239 g/mol. The van der Waals surface area contributed by atoms with E-state index in [0.717, 1.165) is 18.8 Å². The maximum Gasteiger partial charge on any atom is 0.160 e. The van der Waals surface area contributed by atoms with Crippen molar-refractivity contribution in [3.63, 3.8) is 0 Å². The van der Waals surface area contributed by atoms with Crippen molar-refractivity contribution in [2.75, 3.05) is 30.6 Å². The van der Waals surface area contributed by atoms with Gasteiger partial charge in [-0.2, -0.15) is 0 Å². The zero-order chi connectivity index (χ0) is 12.7. The van der Waals surface area contributed by atoms with Crippen LogP contribution in [0.1, 0.15) is 20.3 Å². The van der Waals surface area contributed by atoms with Crippen LogP contribution >= 0.6 is 0 Å². The molecule has 0 aliphatic heterocycles. The monoisotopic (exact) mass is 239 g/mol. The fourth-order valence-electron chi connectivity index (χ4n) is 1.53. The summed E-state index contributed by atoms with van der Waals surface area (Å²) in [6, 6.07) is 0.382. The van der Waals surface area contributed by atoms with E-state index < -0.39 is 0 Å². The van der Waals surface area contributed by atoms with Gasteiger partial charge >= 0.3 is 0 Å². The van der Waals surface area contributed by atoms with E-state index in [1.807, 2.05) is 0 Å². The molecule has 0 aliphatic rings. The summed E-state index contributed by atoms with van der Waals surface area (Å²) in [4.78, 5) is 10.7. The van der Waals surface area contributed by atoms with Crippen molar-refractivity contribution in [2.45, 2.75) is 26.3 Å². The highest BCUT2D eigenvalue weighted by atomic mass is 16.5. The van der Waals surface area contributed by atoms with Crippen LogP contribution in [0.5, 0.6) is 0 Å². The van der Waals surface area contributed by atoms with Crippen LogP contribution < -0.4 is 16.2 Å². The highest BCUT2D eigenvalue weighted by molar-refractivity contribution is 5.43. The lowest BCUT2D eigenvalue weighted by atomic mass is 10.2. The van der Waals surface area contributed by atoms with Crippen molar-refractivity contribution in [2.24, 2.45) is 5.84 Å². The van der Waals surface area contributed by atoms with Gasteiger partial charge in [-0.15, -0.1) is 0 Å². The minimum absolute atomic E-state index is 0.382. The summed E-state index contributed by atoms with van der Waals surface area (Å²) in [5, 5.41) is 0. The number of anilines is 2. The van der Waals surface area contributed by atoms with Gasteiger partial charge in [-0.05, 0) is 13.3 Å². The van der Waals surface area contributed by atoms with Gasteiger partial charge in [0.25, 0.3) is 0 Å². The number of nitrogen functional groups attached to an aromatic ring is 1. The third-order valence-electron chi connectivity index (χ3n) is 2.72. The molecule has 17 heavy (non-hydrogen) atoms. The number of nitrogens with one attached hydrogen (secondary N) is 1. The number of rotatable bonds is 7. The Hall–Kier alpha value is -1.40. The zero-order valence-corrected chi connectivity index (χ0v) is 10.7. The molecule has 0 saturated heterocycles. The number of hydrogen-bond donors (Lipinski definition) is 2. The zero-order valence-electron chi connectivity index (χ0n) is 10.7. The maximum absolute atomic E-state index is 5.33. The van der Waals surface area contributed by atoms with Crippen molar-refractivity contribution in [3.8, 4) is 0 Å². The van der Waals surface area contributed by atoms with E-state index in [1.54, 1.807) is 19.5 Å². The quantitative estimate of drug-likeness (QED) is 0.546. The van der Waals surface area contributed by atoms with Gasteiger partial charge in [-0.1, -0.05) is 6.92 Å². The summed E-state index contributed by atoms with van der Waals surface area (Å²) in [6.45, 7) is 5.74. The van der Waals surface area contributed by atoms with E-state index in [1.165, 1.54) is 0 Å². The van der Waals surface area contributed by atoms with Crippen LogP contribution in [0.3, 0.4) is 0 Å². The van der Waals surface area contributed by atoms with Crippen molar-refractivity contribution < 1.29 is 4.74 Å². The molecule has 0 aromatic carbocycles. The van der Waals surface area contributed by atoms with Crippen molar-refractivity contribution >= 4 is 11.6 Å². The lowest BCUT2D eigenvalue weighted by Gasteiger charge is -2.29. The number of hydrogen-bond acceptors (Lipinski definition) is 6. The number of methoxy groups -OCH3 is 1. The molecule has 1 heterocycles. The van der Waals surface area contributed by atoms with Crippen molar-refractivity contribution in [1.82, 2.24) is 9.97 Å². The van der Waals surface area contributed by atoms with Crippen LogP contribution in [-0.2, 0) is 4.74 Å². The Bertz CT molecular complexity index is 333. The fraction of sp³-hybridized carbons (Fsp3) is 0.636. The second-order valence-electron chi connectivity index (χ2n) is 3.85. The fourth-order valence-corrected chi connectivity index (χ4v) is 1.53. The largest absolute Gasteiger partial charge is 0.383 e. The van der Waals surface area contributed by atoms with E-state index in [4.69, 9.17) is 10.6 Å². The topological polar surface area (TPSA) is 76.3 Å². The molecule has 6 heteroatoms. The second-order valence-corrected chi connectivity index (χ2v) is 3.85. The van der Waals surface area contributed by atoms with Crippen molar-refractivity contribution in [3.05, 3.63) is 12.4 Å². The van der Waals surface area contributed by atoms with Crippen molar-refractivity contribution in [1.29, 1.82) is 0 Å². The highest BCUT2D eigenvalue weighted by Crippen LogP contribution is 2.16. The van der Waals surface area contributed by atoms with E-state index in [-0.39, 0.29) is 0 Å². The van der Waals surface area contributed by atoms with Crippen LogP contribution in [0, 0.1) is 0 Å². The molecular formula is C11H21N5O. The molecule has 96 valence electrons. The van der Waals surface area contributed by atoms with Gasteiger partial charge in [0.15, 0.2) is 5.82 Å². The molecule has 6 nitrogen and oxygen atoms in total. The third-order valence-corrected chi connectivity index (χ3v) is 2.72. The van der Waals surface area contributed by atoms with Gasteiger partial charge in [0.1, 0.15) is 5.82 Å². The molecule has 3 N–H and O–H groups in total. The second kappa shape index (κ2) is 7.03. The highest BCUT2D eigenvalue weighted by Gasteiger charge is 2.14. The van der Waals surface area contributed by atoms with E-state index in [2.05, 4.69) is 34.1 Å². The van der Waals surface area contributed by atoms with Gasteiger partial charge in [-0.3, -0.25) is 4.98 Å². The molecule has 0 spiro atoms. The molecule has 1 unspecified atom stereocenters. The molecule has 1 rings (SSSR count). The number of ether oxygens (including phenoxy) is 1. The Morgan fingerprint density at radius 3 is 2.88 bits per heavy atom. The third kappa shape index (κ3) is 3.83. The Morgan fingerprint density at radius 2 is 2.29 bits per heavy atom. The van der Waals surface area contributed by atoms with Gasteiger partial charge in [0, 0.05) is 19.7 Å². The first-order valence-corrected chi connectivity index (χ1v) is 5.77. The van der Waals surface area contributed by atoms with Crippen LogP contribution in [0.25, 0.3) is 0 Å². The van der Waals surface area contributed by atoms with Gasteiger partial charge in [-0.25, -0.2) is 10.8 Å². The predicted octanol–water partition coefficient (Wildman–Crippen LogP) is 1.01. The first-order chi connectivity index (χ1) is 8.22. The number of aromatic nitrogens is 2. The molecule has 0 saturated carbocycles. The number of nitrogens with zero attached hydrogens (tertiary/aromatic N) is 3. The van der Waals surface area contributed by atoms with Gasteiger partial charge in [0.05, 0.1) is 19.0 Å². The van der Waals surface area contributed by atoms with E-state index >= 15 is 0 Å². The van der Waals surface area contributed by atoms with E-state index in [9.17, 15) is 0 Å². The van der Waals surface area contributed by atoms with Gasteiger partial charge in [0.2, 0.25) is 0 Å².